The number of hydrogen-bond donors (Lipinski definition) is 2. The third-order valence-corrected chi connectivity index (χ3v) is 6.09. The lowest BCUT2D eigenvalue weighted by Crippen LogP contribution is -2.16. The monoisotopic (exact) mass is 477 g/mol. The summed E-state index contributed by atoms with van der Waals surface area (Å²) in [5.41, 5.74) is 1.62. The first-order chi connectivity index (χ1) is 16.4. The van der Waals surface area contributed by atoms with E-state index in [9.17, 15) is 17.6 Å². The van der Waals surface area contributed by atoms with Gasteiger partial charge in [0, 0.05) is 29.2 Å². The fraction of sp³-hybridized carbons (Fsp3) is 0.0400. The second-order valence-corrected chi connectivity index (χ2v) is 8.91. The SMILES string of the molecule is O=C(Nc1cccc(OCc2ccccn2)c1)c1cccc(S(=O)(=O)Nc2ccc(F)cc2)c1. The Morgan fingerprint density at radius 1 is 0.882 bits per heavy atom. The van der Waals surface area contributed by atoms with Crippen LogP contribution in [0.25, 0.3) is 0 Å². The Bertz CT molecular complexity index is 1400. The van der Waals surface area contributed by atoms with Crippen LogP contribution in [0.15, 0.2) is 102 Å². The third-order valence-electron chi connectivity index (χ3n) is 4.71. The molecular formula is C25H20FN3O4S. The summed E-state index contributed by atoms with van der Waals surface area (Å²) in [6.45, 7) is 0.277. The van der Waals surface area contributed by atoms with Gasteiger partial charge < -0.3 is 10.1 Å². The van der Waals surface area contributed by atoms with Gasteiger partial charge in [-0.2, -0.15) is 0 Å². The number of anilines is 2. The number of pyridine rings is 1. The van der Waals surface area contributed by atoms with Crippen molar-refractivity contribution in [1.29, 1.82) is 0 Å². The second-order valence-electron chi connectivity index (χ2n) is 7.23. The van der Waals surface area contributed by atoms with E-state index in [1.807, 2.05) is 18.2 Å². The Hall–Kier alpha value is -4.24. The van der Waals surface area contributed by atoms with Crippen LogP contribution >= 0.6 is 0 Å². The van der Waals surface area contributed by atoms with Crippen LogP contribution in [0.3, 0.4) is 0 Å². The van der Waals surface area contributed by atoms with Gasteiger partial charge in [-0.1, -0.05) is 18.2 Å². The minimum atomic E-state index is -3.97. The minimum Gasteiger partial charge on any atom is -0.487 e. The molecule has 2 N–H and O–H groups in total. The molecule has 1 aromatic heterocycles. The van der Waals surface area contributed by atoms with E-state index >= 15 is 0 Å². The summed E-state index contributed by atoms with van der Waals surface area (Å²) >= 11 is 0. The molecule has 0 spiro atoms. The van der Waals surface area contributed by atoms with E-state index in [4.69, 9.17) is 4.74 Å². The van der Waals surface area contributed by atoms with Crippen molar-refractivity contribution >= 4 is 27.3 Å². The number of amides is 1. The Labute approximate surface area is 196 Å². The summed E-state index contributed by atoms with van der Waals surface area (Å²) in [5.74, 6) is -0.420. The predicted molar refractivity (Wildman–Crippen MR) is 127 cm³/mol. The Morgan fingerprint density at radius 3 is 2.44 bits per heavy atom. The van der Waals surface area contributed by atoms with Gasteiger partial charge in [0.15, 0.2) is 0 Å². The van der Waals surface area contributed by atoms with E-state index in [-0.39, 0.29) is 22.8 Å². The third kappa shape index (κ3) is 5.96. The molecule has 0 bridgehead atoms. The average molecular weight is 478 g/mol. The van der Waals surface area contributed by atoms with E-state index in [2.05, 4.69) is 15.0 Å². The fourth-order valence-electron chi connectivity index (χ4n) is 3.04. The quantitative estimate of drug-likeness (QED) is 0.378. The van der Waals surface area contributed by atoms with Crippen LogP contribution in [0, 0.1) is 5.82 Å². The van der Waals surface area contributed by atoms with Gasteiger partial charge in [-0.3, -0.25) is 14.5 Å². The molecule has 0 atom stereocenters. The van der Waals surface area contributed by atoms with Crippen molar-refractivity contribution in [2.24, 2.45) is 0 Å². The lowest BCUT2D eigenvalue weighted by molar-refractivity contribution is 0.102. The van der Waals surface area contributed by atoms with Crippen LogP contribution < -0.4 is 14.8 Å². The van der Waals surface area contributed by atoms with Crippen molar-refractivity contribution in [3.8, 4) is 5.75 Å². The first kappa shape index (κ1) is 22.9. The first-order valence-electron chi connectivity index (χ1n) is 10.2. The van der Waals surface area contributed by atoms with E-state index < -0.39 is 21.7 Å². The zero-order chi connectivity index (χ0) is 24.0. The number of sulfonamides is 1. The highest BCUT2D eigenvalue weighted by atomic mass is 32.2. The van der Waals surface area contributed by atoms with Crippen LogP contribution in [0.5, 0.6) is 5.75 Å². The normalized spacial score (nSPS) is 11.0. The van der Waals surface area contributed by atoms with Gasteiger partial charge in [0.2, 0.25) is 0 Å². The van der Waals surface area contributed by atoms with Gasteiger partial charge in [-0.25, -0.2) is 12.8 Å². The predicted octanol–water partition coefficient (Wildman–Crippen LogP) is 4.85. The molecule has 34 heavy (non-hydrogen) atoms. The molecule has 9 heteroatoms. The van der Waals surface area contributed by atoms with Crippen LogP contribution in [-0.4, -0.2) is 19.3 Å². The van der Waals surface area contributed by atoms with Crippen LogP contribution in [0.4, 0.5) is 15.8 Å². The van der Waals surface area contributed by atoms with Gasteiger partial charge in [0.25, 0.3) is 15.9 Å². The number of nitrogens with one attached hydrogen (secondary N) is 2. The number of carbonyl (C=O) groups excluding carboxylic acids is 1. The molecule has 1 amide bonds. The Morgan fingerprint density at radius 2 is 1.68 bits per heavy atom. The fourth-order valence-corrected chi connectivity index (χ4v) is 4.15. The van der Waals surface area contributed by atoms with Crippen LogP contribution in [0.1, 0.15) is 16.1 Å². The van der Waals surface area contributed by atoms with Crippen molar-refractivity contribution in [2.75, 3.05) is 10.0 Å². The van der Waals surface area contributed by atoms with Crippen LogP contribution in [-0.2, 0) is 16.6 Å². The average Bonchev–Trinajstić information content (AvgIpc) is 2.85. The largest absolute Gasteiger partial charge is 0.487 e. The van der Waals surface area contributed by atoms with Crippen molar-refractivity contribution in [2.45, 2.75) is 11.5 Å². The molecule has 1 heterocycles. The summed E-state index contributed by atoms with van der Waals surface area (Å²) in [7, 11) is -3.97. The molecule has 0 saturated carbocycles. The van der Waals surface area contributed by atoms with E-state index in [1.54, 1.807) is 30.5 Å². The van der Waals surface area contributed by atoms with Gasteiger partial charge >= 0.3 is 0 Å². The lowest BCUT2D eigenvalue weighted by atomic mass is 10.2. The van der Waals surface area contributed by atoms with Gasteiger partial charge in [-0.15, -0.1) is 0 Å². The number of ether oxygens (including phenoxy) is 1. The van der Waals surface area contributed by atoms with E-state index in [0.717, 1.165) is 17.8 Å². The number of benzene rings is 3. The molecule has 172 valence electrons. The molecule has 0 aliphatic carbocycles. The minimum absolute atomic E-state index is 0.100. The van der Waals surface area contributed by atoms with Crippen molar-refractivity contribution < 1.29 is 22.3 Å². The van der Waals surface area contributed by atoms with E-state index in [1.165, 1.54) is 36.4 Å². The maximum absolute atomic E-state index is 13.1. The summed E-state index contributed by atoms with van der Waals surface area (Å²) in [6, 6.07) is 22.9. The summed E-state index contributed by atoms with van der Waals surface area (Å²) in [5, 5.41) is 2.74. The molecule has 7 nitrogen and oxygen atoms in total. The smallest absolute Gasteiger partial charge is 0.261 e. The van der Waals surface area contributed by atoms with Crippen LogP contribution in [0.2, 0.25) is 0 Å². The molecule has 3 aromatic carbocycles. The van der Waals surface area contributed by atoms with Crippen molar-refractivity contribution in [1.82, 2.24) is 4.98 Å². The zero-order valence-corrected chi connectivity index (χ0v) is 18.6. The summed E-state index contributed by atoms with van der Waals surface area (Å²) < 4.78 is 46.6. The molecule has 0 unspecified atom stereocenters. The molecule has 4 aromatic rings. The zero-order valence-electron chi connectivity index (χ0n) is 17.8. The Balaban J connectivity index is 1.44. The standard InChI is InChI=1S/C25H20FN3O4S/c26-19-10-12-20(13-11-19)29-34(31,32)24-9-3-5-18(15-24)25(30)28-21-7-4-8-23(16-21)33-17-22-6-1-2-14-27-22/h1-16,29H,17H2,(H,28,30). The molecule has 0 fully saturated rings. The maximum Gasteiger partial charge on any atom is 0.261 e. The highest BCUT2D eigenvalue weighted by molar-refractivity contribution is 7.92. The number of halogens is 1. The molecule has 0 saturated heterocycles. The number of hydrogen-bond acceptors (Lipinski definition) is 5. The second kappa shape index (κ2) is 10.1. The molecule has 0 aliphatic rings. The molecule has 0 aliphatic heterocycles. The van der Waals surface area contributed by atoms with Crippen molar-refractivity contribution in [3.05, 3.63) is 114 Å². The molecular weight excluding hydrogens is 457 g/mol. The highest BCUT2D eigenvalue weighted by Gasteiger charge is 2.17. The van der Waals surface area contributed by atoms with Crippen molar-refractivity contribution in [3.63, 3.8) is 0 Å². The van der Waals surface area contributed by atoms with Gasteiger partial charge in [-0.05, 0) is 66.7 Å². The summed E-state index contributed by atoms with van der Waals surface area (Å²) in [6.07, 6.45) is 1.68. The first-order valence-corrected chi connectivity index (χ1v) is 11.7. The highest BCUT2D eigenvalue weighted by Crippen LogP contribution is 2.21. The van der Waals surface area contributed by atoms with Gasteiger partial charge in [0.1, 0.15) is 18.2 Å². The number of rotatable bonds is 8. The molecule has 0 radical (unpaired) electrons. The van der Waals surface area contributed by atoms with E-state index in [0.29, 0.717) is 11.4 Å². The topological polar surface area (TPSA) is 97.4 Å². The number of nitrogens with zero attached hydrogens (tertiary/aromatic N) is 1. The summed E-state index contributed by atoms with van der Waals surface area (Å²) in [4.78, 5) is 16.9. The number of aromatic nitrogens is 1. The molecule has 4 rings (SSSR count). The maximum atomic E-state index is 13.1. The lowest BCUT2D eigenvalue weighted by Gasteiger charge is -2.11. The Kier molecular flexibility index (Phi) is 6.84. The number of carbonyl (C=O) groups is 1. The van der Waals surface area contributed by atoms with Gasteiger partial charge in [0.05, 0.1) is 10.6 Å².